The van der Waals surface area contributed by atoms with E-state index < -0.39 is 5.97 Å². The molecule has 19 heavy (non-hydrogen) atoms. The van der Waals surface area contributed by atoms with Gasteiger partial charge in [0.2, 0.25) is 0 Å². The lowest BCUT2D eigenvalue weighted by Gasteiger charge is -2.08. The molecule has 2 rings (SSSR count). The SMILES string of the molecule is COCCOC(=O)c1nnn(CC2CCOC2)c1C. The summed E-state index contributed by atoms with van der Waals surface area (Å²) in [6, 6.07) is 0. The third kappa shape index (κ3) is 3.51. The van der Waals surface area contributed by atoms with Gasteiger partial charge < -0.3 is 14.2 Å². The Morgan fingerprint density at radius 3 is 3.05 bits per heavy atom. The molecule has 7 nitrogen and oxygen atoms in total. The number of rotatable bonds is 6. The van der Waals surface area contributed by atoms with Crippen LogP contribution in [0.4, 0.5) is 0 Å². The molecule has 2 heterocycles. The van der Waals surface area contributed by atoms with E-state index in [1.165, 1.54) is 0 Å². The van der Waals surface area contributed by atoms with Gasteiger partial charge in [0.1, 0.15) is 6.61 Å². The van der Waals surface area contributed by atoms with Gasteiger partial charge in [0.05, 0.1) is 18.9 Å². The smallest absolute Gasteiger partial charge is 0.360 e. The molecule has 1 atom stereocenters. The van der Waals surface area contributed by atoms with Crippen LogP contribution in [-0.4, -0.2) is 54.5 Å². The zero-order valence-corrected chi connectivity index (χ0v) is 11.3. The molecular weight excluding hydrogens is 250 g/mol. The quantitative estimate of drug-likeness (QED) is 0.550. The predicted molar refractivity (Wildman–Crippen MR) is 65.8 cm³/mol. The Bertz CT molecular complexity index is 427. The zero-order chi connectivity index (χ0) is 13.7. The number of nitrogens with zero attached hydrogens (tertiary/aromatic N) is 3. The average Bonchev–Trinajstić information content (AvgIpc) is 3.02. The van der Waals surface area contributed by atoms with Gasteiger partial charge in [0.25, 0.3) is 0 Å². The normalized spacial score (nSPS) is 18.7. The fourth-order valence-electron chi connectivity index (χ4n) is 1.98. The maximum absolute atomic E-state index is 11.8. The van der Waals surface area contributed by atoms with Crippen molar-refractivity contribution in [2.24, 2.45) is 5.92 Å². The van der Waals surface area contributed by atoms with Crippen LogP contribution >= 0.6 is 0 Å². The second-order valence-electron chi connectivity index (χ2n) is 4.56. The van der Waals surface area contributed by atoms with Gasteiger partial charge in [-0.05, 0) is 13.3 Å². The summed E-state index contributed by atoms with van der Waals surface area (Å²) in [6.07, 6.45) is 1.02. The van der Waals surface area contributed by atoms with Crippen LogP contribution in [0, 0.1) is 12.8 Å². The van der Waals surface area contributed by atoms with Gasteiger partial charge >= 0.3 is 5.97 Å². The van der Waals surface area contributed by atoms with E-state index >= 15 is 0 Å². The molecule has 1 unspecified atom stereocenters. The standard InChI is InChI=1S/C12H19N3O4/c1-9-11(12(16)19-6-5-17-2)13-14-15(9)7-10-3-4-18-8-10/h10H,3-8H2,1-2H3. The van der Waals surface area contributed by atoms with Crippen LogP contribution in [0.2, 0.25) is 0 Å². The van der Waals surface area contributed by atoms with Crippen LogP contribution in [0.25, 0.3) is 0 Å². The molecule has 1 saturated heterocycles. The van der Waals surface area contributed by atoms with Crippen molar-refractivity contribution < 1.29 is 19.0 Å². The first kappa shape index (κ1) is 14.0. The van der Waals surface area contributed by atoms with Gasteiger partial charge in [-0.3, -0.25) is 0 Å². The number of hydrogen-bond acceptors (Lipinski definition) is 6. The minimum Gasteiger partial charge on any atom is -0.458 e. The molecule has 0 aromatic carbocycles. The second-order valence-corrected chi connectivity index (χ2v) is 4.56. The Labute approximate surface area is 111 Å². The molecule has 0 aliphatic carbocycles. The van der Waals surface area contributed by atoms with Crippen molar-refractivity contribution in [2.75, 3.05) is 33.5 Å². The largest absolute Gasteiger partial charge is 0.458 e. The van der Waals surface area contributed by atoms with Crippen molar-refractivity contribution in [1.82, 2.24) is 15.0 Å². The lowest BCUT2D eigenvalue weighted by atomic mass is 10.1. The van der Waals surface area contributed by atoms with Crippen molar-refractivity contribution in [2.45, 2.75) is 19.9 Å². The molecule has 1 aromatic heterocycles. The van der Waals surface area contributed by atoms with Crippen LogP contribution in [0.1, 0.15) is 22.6 Å². The molecular formula is C12H19N3O4. The average molecular weight is 269 g/mol. The highest BCUT2D eigenvalue weighted by atomic mass is 16.6. The summed E-state index contributed by atoms with van der Waals surface area (Å²) in [7, 11) is 1.55. The van der Waals surface area contributed by atoms with Gasteiger partial charge in [-0.15, -0.1) is 5.10 Å². The van der Waals surface area contributed by atoms with E-state index in [1.54, 1.807) is 11.8 Å². The first-order valence-corrected chi connectivity index (χ1v) is 6.36. The number of carbonyl (C=O) groups excluding carboxylic acids is 1. The Hall–Kier alpha value is -1.47. The Morgan fingerprint density at radius 2 is 2.37 bits per heavy atom. The van der Waals surface area contributed by atoms with Crippen molar-refractivity contribution in [3.05, 3.63) is 11.4 Å². The van der Waals surface area contributed by atoms with Crippen molar-refractivity contribution >= 4 is 5.97 Å². The minimum absolute atomic E-state index is 0.220. The van der Waals surface area contributed by atoms with E-state index in [0.29, 0.717) is 12.5 Å². The highest BCUT2D eigenvalue weighted by Gasteiger charge is 2.21. The van der Waals surface area contributed by atoms with E-state index in [2.05, 4.69) is 10.3 Å². The highest BCUT2D eigenvalue weighted by Crippen LogP contribution is 2.16. The molecule has 0 amide bonds. The van der Waals surface area contributed by atoms with Gasteiger partial charge in [0, 0.05) is 26.2 Å². The summed E-state index contributed by atoms with van der Waals surface area (Å²) in [5.41, 5.74) is 1.00. The maximum Gasteiger partial charge on any atom is 0.360 e. The Morgan fingerprint density at radius 1 is 1.53 bits per heavy atom. The second kappa shape index (κ2) is 6.63. The first-order valence-electron chi connectivity index (χ1n) is 6.36. The van der Waals surface area contributed by atoms with Crippen molar-refractivity contribution in [1.29, 1.82) is 0 Å². The number of ether oxygens (including phenoxy) is 3. The zero-order valence-electron chi connectivity index (χ0n) is 11.3. The van der Waals surface area contributed by atoms with Crippen LogP contribution in [0.15, 0.2) is 0 Å². The van der Waals surface area contributed by atoms with Crippen LogP contribution in [0.3, 0.4) is 0 Å². The van der Waals surface area contributed by atoms with Crippen LogP contribution < -0.4 is 0 Å². The lowest BCUT2D eigenvalue weighted by Crippen LogP contribution is -2.15. The molecule has 0 saturated carbocycles. The van der Waals surface area contributed by atoms with Crippen molar-refractivity contribution in [3.63, 3.8) is 0 Å². The highest BCUT2D eigenvalue weighted by molar-refractivity contribution is 5.88. The van der Waals surface area contributed by atoms with Gasteiger partial charge in [-0.1, -0.05) is 5.21 Å². The minimum atomic E-state index is -0.455. The summed E-state index contributed by atoms with van der Waals surface area (Å²) in [6.45, 7) is 4.68. The van der Waals surface area contributed by atoms with Crippen LogP contribution in [-0.2, 0) is 20.8 Å². The fourth-order valence-corrected chi connectivity index (χ4v) is 1.98. The Balaban J connectivity index is 1.94. The molecule has 0 bridgehead atoms. The molecule has 106 valence electrons. The third-order valence-electron chi connectivity index (χ3n) is 3.15. The van der Waals surface area contributed by atoms with Crippen LogP contribution in [0.5, 0.6) is 0 Å². The van der Waals surface area contributed by atoms with Gasteiger partial charge in [0.15, 0.2) is 5.69 Å². The number of hydrogen-bond donors (Lipinski definition) is 0. The summed E-state index contributed by atoms with van der Waals surface area (Å²) in [5, 5.41) is 7.90. The summed E-state index contributed by atoms with van der Waals surface area (Å²) in [4.78, 5) is 11.8. The third-order valence-corrected chi connectivity index (χ3v) is 3.15. The first-order chi connectivity index (χ1) is 9.22. The molecule has 1 aromatic rings. The van der Waals surface area contributed by atoms with Gasteiger partial charge in [-0.2, -0.15) is 0 Å². The van der Waals surface area contributed by atoms with E-state index in [1.807, 2.05) is 6.92 Å². The summed E-state index contributed by atoms with van der Waals surface area (Å²) in [5.74, 6) is -0.0127. The summed E-state index contributed by atoms with van der Waals surface area (Å²) < 4.78 is 16.9. The molecule has 0 spiro atoms. The van der Waals surface area contributed by atoms with E-state index in [-0.39, 0.29) is 12.3 Å². The molecule has 1 fully saturated rings. The fraction of sp³-hybridized carbons (Fsp3) is 0.750. The topological polar surface area (TPSA) is 75.5 Å². The number of esters is 1. The molecule has 1 aliphatic heterocycles. The van der Waals surface area contributed by atoms with Crippen molar-refractivity contribution in [3.8, 4) is 0 Å². The van der Waals surface area contributed by atoms with E-state index in [9.17, 15) is 4.79 Å². The monoisotopic (exact) mass is 269 g/mol. The maximum atomic E-state index is 11.8. The van der Waals surface area contributed by atoms with E-state index in [0.717, 1.165) is 31.9 Å². The lowest BCUT2D eigenvalue weighted by molar-refractivity contribution is 0.0380. The number of aromatic nitrogens is 3. The number of methoxy groups -OCH3 is 1. The summed E-state index contributed by atoms with van der Waals surface area (Å²) >= 11 is 0. The van der Waals surface area contributed by atoms with E-state index in [4.69, 9.17) is 14.2 Å². The molecule has 1 aliphatic rings. The molecule has 0 radical (unpaired) electrons. The molecule has 0 N–H and O–H groups in total. The molecule has 7 heteroatoms. The predicted octanol–water partition coefficient (Wildman–Crippen LogP) is 0.426. The number of carbonyl (C=O) groups is 1. The van der Waals surface area contributed by atoms with Gasteiger partial charge in [-0.25, -0.2) is 9.48 Å². The Kier molecular flexibility index (Phi) is 4.86.